The quantitative estimate of drug-likeness (QED) is 0.319. The molecule has 0 N–H and O–H groups in total. The van der Waals surface area contributed by atoms with E-state index in [2.05, 4.69) is 16.8 Å². The summed E-state index contributed by atoms with van der Waals surface area (Å²) in [6.45, 7) is 4.59. The fraction of sp³-hybridized carbons (Fsp3) is 0.467. The fourth-order valence-electron chi connectivity index (χ4n) is 6.14. The summed E-state index contributed by atoms with van der Waals surface area (Å²) in [5, 5.41) is 5.83. The molecule has 2 aliphatic carbocycles. The number of hydrogen-bond acceptors (Lipinski definition) is 4. The summed E-state index contributed by atoms with van der Waals surface area (Å²) in [7, 11) is 1.41. The first-order chi connectivity index (χ1) is 17.5. The Morgan fingerprint density at radius 2 is 1.75 bits per heavy atom. The molecule has 0 radical (unpaired) electrons. The van der Waals surface area contributed by atoms with Crippen molar-refractivity contribution >= 4 is 17.6 Å². The number of benzene rings is 2. The molecule has 3 aromatic rings. The molecule has 1 fully saturated rings. The number of halogens is 1. The predicted molar refractivity (Wildman–Crippen MR) is 143 cm³/mol. The fourth-order valence-corrected chi connectivity index (χ4v) is 6.26. The molecule has 0 amide bonds. The van der Waals surface area contributed by atoms with E-state index < -0.39 is 0 Å². The number of carbonyl (C=O) groups is 1. The van der Waals surface area contributed by atoms with Crippen molar-refractivity contribution in [1.82, 2.24) is 9.78 Å². The molecule has 0 aliphatic heterocycles. The minimum Gasteiger partial charge on any atom is -0.492 e. The highest BCUT2D eigenvalue weighted by atomic mass is 35.5. The van der Waals surface area contributed by atoms with E-state index in [4.69, 9.17) is 26.2 Å². The van der Waals surface area contributed by atoms with Crippen LogP contribution >= 0.6 is 11.6 Å². The zero-order valence-electron chi connectivity index (χ0n) is 21.5. The Morgan fingerprint density at radius 3 is 2.42 bits per heavy atom. The van der Waals surface area contributed by atoms with Gasteiger partial charge >= 0.3 is 5.97 Å². The van der Waals surface area contributed by atoms with Gasteiger partial charge in [0, 0.05) is 10.9 Å². The number of hydrogen-bond donors (Lipinski definition) is 0. The van der Waals surface area contributed by atoms with Crippen molar-refractivity contribution < 1.29 is 14.3 Å². The molecular weight excluding hydrogens is 472 g/mol. The average molecular weight is 507 g/mol. The van der Waals surface area contributed by atoms with Crippen LogP contribution in [0.2, 0.25) is 5.02 Å². The van der Waals surface area contributed by atoms with Crippen LogP contribution in [0.4, 0.5) is 0 Å². The van der Waals surface area contributed by atoms with Crippen molar-refractivity contribution in [2.24, 2.45) is 5.92 Å². The molecule has 5 rings (SSSR count). The molecule has 1 heterocycles. The molecule has 1 unspecified atom stereocenters. The lowest BCUT2D eigenvalue weighted by Gasteiger charge is -2.32. The van der Waals surface area contributed by atoms with Crippen molar-refractivity contribution in [3.63, 3.8) is 0 Å². The molecule has 1 saturated carbocycles. The lowest BCUT2D eigenvalue weighted by atomic mass is 9.77. The molecule has 2 aliphatic rings. The molecule has 0 bridgehead atoms. The van der Waals surface area contributed by atoms with E-state index in [0.717, 1.165) is 46.8 Å². The van der Waals surface area contributed by atoms with Gasteiger partial charge in [-0.3, -0.25) is 0 Å². The first kappa shape index (κ1) is 24.9. The van der Waals surface area contributed by atoms with E-state index in [1.807, 2.05) is 38.1 Å². The lowest BCUT2D eigenvalue weighted by Crippen LogP contribution is -2.26. The molecule has 190 valence electrons. The number of aromatic nitrogens is 2. The van der Waals surface area contributed by atoms with Gasteiger partial charge in [-0.15, -0.1) is 0 Å². The number of fused-ring (bicyclic) bond motifs is 1. The second-order valence-electron chi connectivity index (χ2n) is 10.3. The van der Waals surface area contributed by atoms with Crippen LogP contribution in [0.15, 0.2) is 36.4 Å². The predicted octanol–water partition coefficient (Wildman–Crippen LogP) is 7.16. The third-order valence-electron chi connectivity index (χ3n) is 7.88. The number of nitrogens with zero attached hydrogens (tertiary/aromatic N) is 2. The summed E-state index contributed by atoms with van der Waals surface area (Å²) in [5.41, 5.74) is 7.48. The Morgan fingerprint density at radius 1 is 1.06 bits per heavy atom. The molecule has 36 heavy (non-hydrogen) atoms. The van der Waals surface area contributed by atoms with Crippen molar-refractivity contribution in [1.29, 1.82) is 0 Å². The number of carbonyl (C=O) groups excluding carboxylic acids is 1. The van der Waals surface area contributed by atoms with Crippen LogP contribution in [0, 0.1) is 19.8 Å². The number of aryl methyl sites for hydroxylation is 3. The number of esters is 1. The third kappa shape index (κ3) is 4.90. The van der Waals surface area contributed by atoms with Crippen molar-refractivity contribution in [3.8, 4) is 11.4 Å². The van der Waals surface area contributed by atoms with Gasteiger partial charge < -0.3 is 9.47 Å². The second kappa shape index (κ2) is 10.7. The minimum atomic E-state index is -0.324. The first-order valence-corrected chi connectivity index (χ1v) is 13.5. The maximum atomic E-state index is 12.1. The Kier molecular flexibility index (Phi) is 7.38. The highest BCUT2D eigenvalue weighted by Gasteiger charge is 2.34. The van der Waals surface area contributed by atoms with Crippen molar-refractivity contribution in [2.75, 3.05) is 13.7 Å². The summed E-state index contributed by atoms with van der Waals surface area (Å²) < 4.78 is 13.7. The van der Waals surface area contributed by atoms with Crippen LogP contribution in [0.5, 0.6) is 5.75 Å². The van der Waals surface area contributed by atoms with E-state index in [0.29, 0.717) is 18.1 Å². The summed E-state index contributed by atoms with van der Waals surface area (Å²) in [6, 6.07) is 11.7. The summed E-state index contributed by atoms with van der Waals surface area (Å²) in [4.78, 5) is 12.1. The van der Waals surface area contributed by atoms with Gasteiger partial charge in [0.05, 0.1) is 36.4 Å². The zero-order valence-corrected chi connectivity index (χ0v) is 22.2. The normalized spacial score (nSPS) is 16.6. The molecule has 1 aromatic heterocycles. The van der Waals surface area contributed by atoms with Crippen LogP contribution in [0.3, 0.4) is 0 Å². The molecular formula is C30H35ClN2O3. The smallest absolute Gasteiger partial charge is 0.337 e. The van der Waals surface area contributed by atoms with Crippen LogP contribution in [0.1, 0.15) is 82.9 Å². The van der Waals surface area contributed by atoms with Crippen LogP contribution in [-0.2, 0) is 17.6 Å². The molecule has 0 spiro atoms. The van der Waals surface area contributed by atoms with E-state index in [1.165, 1.54) is 56.2 Å². The largest absolute Gasteiger partial charge is 0.492 e. The third-order valence-corrected chi connectivity index (χ3v) is 8.13. The van der Waals surface area contributed by atoms with Gasteiger partial charge in [0.25, 0.3) is 0 Å². The van der Waals surface area contributed by atoms with E-state index in [9.17, 15) is 4.79 Å². The van der Waals surface area contributed by atoms with E-state index in [-0.39, 0.29) is 11.9 Å². The highest BCUT2D eigenvalue weighted by Crippen LogP contribution is 2.42. The van der Waals surface area contributed by atoms with Gasteiger partial charge in [-0.25, -0.2) is 9.48 Å². The van der Waals surface area contributed by atoms with Crippen molar-refractivity contribution in [2.45, 2.75) is 71.1 Å². The van der Waals surface area contributed by atoms with Crippen molar-refractivity contribution in [3.05, 3.63) is 75.1 Å². The molecule has 5 nitrogen and oxygen atoms in total. The maximum absolute atomic E-state index is 12.1. The van der Waals surface area contributed by atoms with Crippen LogP contribution in [0.25, 0.3) is 5.69 Å². The molecule has 6 heteroatoms. The van der Waals surface area contributed by atoms with Gasteiger partial charge in [0.2, 0.25) is 0 Å². The van der Waals surface area contributed by atoms with Gasteiger partial charge in [-0.1, -0.05) is 30.9 Å². The minimum absolute atomic E-state index is 0.245. The van der Waals surface area contributed by atoms with Gasteiger partial charge in [0.1, 0.15) is 5.75 Å². The molecule has 2 aromatic carbocycles. The molecule has 0 saturated heterocycles. The maximum Gasteiger partial charge on any atom is 0.337 e. The zero-order chi connectivity index (χ0) is 25.2. The van der Waals surface area contributed by atoms with Gasteiger partial charge in [-0.2, -0.15) is 5.10 Å². The van der Waals surface area contributed by atoms with Gasteiger partial charge in [0.15, 0.2) is 0 Å². The number of rotatable bonds is 7. The monoisotopic (exact) mass is 506 g/mol. The van der Waals surface area contributed by atoms with Crippen LogP contribution in [-0.4, -0.2) is 29.5 Å². The SMILES string of the molecule is COC(=O)c1cc(C)c(OCC(c2c3c(nn2-c2ccc(Cl)cc2)CCC3)C2CCCCC2)c(C)c1. The number of ether oxygens (including phenoxy) is 2. The summed E-state index contributed by atoms with van der Waals surface area (Å²) >= 11 is 6.21. The topological polar surface area (TPSA) is 53.4 Å². The van der Waals surface area contributed by atoms with E-state index >= 15 is 0 Å². The summed E-state index contributed by atoms with van der Waals surface area (Å²) in [6.07, 6.45) is 9.56. The average Bonchev–Trinajstić information content (AvgIpc) is 3.48. The number of methoxy groups -OCH3 is 1. The Hall–Kier alpha value is -2.79. The lowest BCUT2D eigenvalue weighted by molar-refractivity contribution is 0.0600. The molecule has 1 atom stereocenters. The first-order valence-electron chi connectivity index (χ1n) is 13.1. The Labute approximate surface area is 218 Å². The van der Waals surface area contributed by atoms with Crippen LogP contribution < -0.4 is 4.74 Å². The second-order valence-corrected chi connectivity index (χ2v) is 10.7. The Bertz CT molecular complexity index is 1220. The summed E-state index contributed by atoms with van der Waals surface area (Å²) in [5.74, 6) is 1.34. The Balaban J connectivity index is 1.52. The standard InChI is InChI=1S/C30H35ClN2O3/c1-19-16-22(30(34)35-3)17-20(2)29(19)36-18-26(21-8-5-4-6-9-21)28-25-10-7-11-27(25)32-33(28)24-14-12-23(31)13-15-24/h12-17,21,26H,4-11,18H2,1-3H3. The van der Waals surface area contributed by atoms with E-state index in [1.54, 1.807) is 0 Å². The highest BCUT2D eigenvalue weighted by molar-refractivity contribution is 6.30. The van der Waals surface area contributed by atoms with Gasteiger partial charge in [-0.05, 0) is 105 Å².